The van der Waals surface area contributed by atoms with E-state index >= 15 is 0 Å². The van der Waals surface area contributed by atoms with Crippen LogP contribution in [0.3, 0.4) is 0 Å². The maximum Gasteiger partial charge on any atom is 0.326 e. The van der Waals surface area contributed by atoms with E-state index in [2.05, 4.69) is 20.9 Å². The van der Waals surface area contributed by atoms with Gasteiger partial charge < -0.3 is 48.5 Å². The number of hydrogen-bond donors (Lipinski definition) is 9. The third kappa shape index (κ3) is 11.4. The normalized spacial score (nSPS) is 15.2. The van der Waals surface area contributed by atoms with Gasteiger partial charge in [-0.1, -0.05) is 13.8 Å². The van der Waals surface area contributed by atoms with Crippen LogP contribution in [-0.4, -0.2) is 87.8 Å². The minimum atomic E-state index is -1.69. The van der Waals surface area contributed by atoms with Crippen molar-refractivity contribution in [1.82, 2.24) is 16.0 Å². The van der Waals surface area contributed by atoms with E-state index in [9.17, 15) is 34.2 Å². The summed E-state index contributed by atoms with van der Waals surface area (Å²) in [6.07, 6.45) is -2.19. The van der Waals surface area contributed by atoms with Crippen LogP contribution in [0.4, 0.5) is 0 Å². The van der Waals surface area contributed by atoms with Gasteiger partial charge in [0.2, 0.25) is 17.7 Å². The van der Waals surface area contributed by atoms with E-state index in [1.165, 1.54) is 6.92 Å². The average molecular weight is 490 g/mol. The molecule has 0 heterocycles. The summed E-state index contributed by atoms with van der Waals surface area (Å²) in [7, 11) is 0. The lowest BCUT2D eigenvalue weighted by Crippen LogP contribution is -2.60. The number of aliphatic imine (C=N–C) groups is 1. The molecule has 0 aromatic heterocycles. The number of nitrogens with one attached hydrogen (secondary N) is 3. The van der Waals surface area contributed by atoms with Crippen molar-refractivity contribution in [1.29, 1.82) is 0 Å². The van der Waals surface area contributed by atoms with Gasteiger partial charge in [0.05, 0.1) is 18.6 Å². The SMILES string of the molecule is CC(C)C(N)C(=O)NC(C(=O)NC(CC(=O)O)C(=O)NC(CCCN=C(N)N)C(=O)O)C(C)O. The number of carbonyl (C=O) groups excluding carboxylic acids is 3. The van der Waals surface area contributed by atoms with Gasteiger partial charge in [-0.25, -0.2) is 4.79 Å². The van der Waals surface area contributed by atoms with E-state index in [0.29, 0.717) is 0 Å². The maximum atomic E-state index is 12.6. The molecule has 0 spiro atoms. The van der Waals surface area contributed by atoms with Crippen molar-refractivity contribution in [2.75, 3.05) is 6.54 Å². The van der Waals surface area contributed by atoms with Gasteiger partial charge in [-0.15, -0.1) is 0 Å². The Morgan fingerprint density at radius 2 is 1.44 bits per heavy atom. The second kappa shape index (κ2) is 14.6. The number of nitrogens with zero attached hydrogens (tertiary/aromatic N) is 1. The molecule has 0 saturated carbocycles. The van der Waals surface area contributed by atoms with E-state index in [4.69, 9.17) is 22.3 Å². The van der Waals surface area contributed by atoms with Gasteiger partial charge >= 0.3 is 11.9 Å². The zero-order valence-electron chi connectivity index (χ0n) is 19.4. The Labute approximate surface area is 196 Å². The minimum absolute atomic E-state index is 0.0783. The Bertz CT molecular complexity index is 768. The summed E-state index contributed by atoms with van der Waals surface area (Å²) in [6, 6.07) is -5.63. The fourth-order valence-corrected chi connectivity index (χ4v) is 2.64. The predicted octanol–water partition coefficient (Wildman–Crippen LogP) is -3.58. The van der Waals surface area contributed by atoms with E-state index < -0.39 is 66.4 Å². The fraction of sp³-hybridized carbons (Fsp3) is 0.684. The molecule has 3 amide bonds. The number of aliphatic hydroxyl groups excluding tert-OH is 1. The summed E-state index contributed by atoms with van der Waals surface area (Å²) >= 11 is 0. The Balaban J connectivity index is 5.42. The van der Waals surface area contributed by atoms with Crippen LogP contribution in [0.25, 0.3) is 0 Å². The monoisotopic (exact) mass is 489 g/mol. The largest absolute Gasteiger partial charge is 0.481 e. The number of carbonyl (C=O) groups is 5. The number of hydrogen-bond acceptors (Lipinski definition) is 8. The van der Waals surface area contributed by atoms with Crippen LogP contribution < -0.4 is 33.2 Å². The van der Waals surface area contributed by atoms with Crippen molar-refractivity contribution in [2.45, 2.75) is 70.3 Å². The highest BCUT2D eigenvalue weighted by molar-refractivity contribution is 5.95. The molecular weight excluding hydrogens is 454 g/mol. The number of carboxylic acids is 2. The van der Waals surface area contributed by atoms with Crippen LogP contribution in [0.2, 0.25) is 0 Å². The van der Waals surface area contributed by atoms with Gasteiger partial charge in [-0.2, -0.15) is 0 Å². The molecular formula is C19H35N7O8. The van der Waals surface area contributed by atoms with Gasteiger partial charge in [0, 0.05) is 6.54 Å². The third-order valence-electron chi connectivity index (χ3n) is 4.66. The number of aliphatic carboxylic acids is 2. The molecule has 0 bridgehead atoms. The molecule has 15 heteroatoms. The molecule has 5 atom stereocenters. The first-order valence-corrected chi connectivity index (χ1v) is 10.5. The van der Waals surface area contributed by atoms with Crippen LogP contribution in [0.1, 0.15) is 40.0 Å². The molecule has 0 radical (unpaired) electrons. The average Bonchev–Trinajstić information content (AvgIpc) is 2.71. The zero-order valence-corrected chi connectivity index (χ0v) is 19.4. The first-order chi connectivity index (χ1) is 15.7. The molecule has 5 unspecified atom stereocenters. The first-order valence-electron chi connectivity index (χ1n) is 10.5. The highest BCUT2D eigenvalue weighted by Gasteiger charge is 2.33. The van der Waals surface area contributed by atoms with Gasteiger partial charge in [-0.05, 0) is 25.7 Å². The lowest BCUT2D eigenvalue weighted by molar-refractivity contribution is -0.144. The summed E-state index contributed by atoms with van der Waals surface area (Å²) in [5, 5.41) is 34.9. The van der Waals surface area contributed by atoms with Gasteiger partial charge in [0.25, 0.3) is 0 Å². The molecule has 12 N–H and O–H groups in total. The van der Waals surface area contributed by atoms with Crippen molar-refractivity contribution in [3.63, 3.8) is 0 Å². The van der Waals surface area contributed by atoms with Crippen LogP contribution in [0, 0.1) is 5.92 Å². The van der Waals surface area contributed by atoms with Crippen LogP contribution in [0.15, 0.2) is 4.99 Å². The van der Waals surface area contributed by atoms with Crippen molar-refractivity contribution in [2.24, 2.45) is 28.1 Å². The summed E-state index contributed by atoms with van der Waals surface area (Å²) in [5.41, 5.74) is 16.1. The molecule has 0 fully saturated rings. The van der Waals surface area contributed by atoms with Crippen LogP contribution >= 0.6 is 0 Å². The van der Waals surface area contributed by atoms with Gasteiger partial charge in [0.15, 0.2) is 5.96 Å². The Hall–Kier alpha value is -3.46. The number of guanidine groups is 1. The van der Waals surface area contributed by atoms with Crippen molar-refractivity contribution in [3.8, 4) is 0 Å². The molecule has 0 aromatic carbocycles. The summed E-state index contributed by atoms with van der Waals surface area (Å²) in [4.78, 5) is 63.8. The lowest BCUT2D eigenvalue weighted by Gasteiger charge is -2.26. The van der Waals surface area contributed by atoms with Crippen LogP contribution in [-0.2, 0) is 24.0 Å². The molecule has 194 valence electrons. The quantitative estimate of drug-likeness (QED) is 0.0616. The predicted molar refractivity (Wildman–Crippen MR) is 120 cm³/mol. The fourth-order valence-electron chi connectivity index (χ4n) is 2.64. The van der Waals surface area contributed by atoms with Crippen LogP contribution in [0.5, 0.6) is 0 Å². The topological polar surface area (TPSA) is 273 Å². The van der Waals surface area contributed by atoms with E-state index in [-0.39, 0.29) is 31.3 Å². The molecule has 0 rings (SSSR count). The zero-order chi connectivity index (χ0) is 26.6. The molecule has 0 aromatic rings. The summed E-state index contributed by atoms with van der Waals surface area (Å²) < 4.78 is 0. The van der Waals surface area contributed by atoms with Gasteiger partial charge in [-0.3, -0.25) is 24.2 Å². The molecule has 0 saturated heterocycles. The number of amides is 3. The first kappa shape index (κ1) is 30.5. The van der Waals surface area contributed by atoms with Crippen molar-refractivity contribution in [3.05, 3.63) is 0 Å². The summed E-state index contributed by atoms with van der Waals surface area (Å²) in [5.74, 6) is -6.19. The number of rotatable bonds is 15. The van der Waals surface area contributed by atoms with E-state index in [1.807, 2.05) is 0 Å². The summed E-state index contributed by atoms with van der Waals surface area (Å²) in [6.45, 7) is 4.65. The molecule has 0 aliphatic heterocycles. The van der Waals surface area contributed by atoms with Crippen molar-refractivity contribution < 1.29 is 39.3 Å². The highest BCUT2D eigenvalue weighted by Crippen LogP contribution is 2.04. The number of nitrogens with two attached hydrogens (primary N) is 3. The second-order valence-corrected chi connectivity index (χ2v) is 8.00. The Morgan fingerprint density at radius 1 is 0.882 bits per heavy atom. The van der Waals surface area contributed by atoms with E-state index in [1.54, 1.807) is 13.8 Å². The molecule has 34 heavy (non-hydrogen) atoms. The number of carboxylic acid groups (broad SMARTS) is 2. The highest BCUT2D eigenvalue weighted by atomic mass is 16.4. The Morgan fingerprint density at radius 3 is 1.88 bits per heavy atom. The maximum absolute atomic E-state index is 12.6. The van der Waals surface area contributed by atoms with Gasteiger partial charge in [0.1, 0.15) is 18.1 Å². The molecule has 0 aliphatic rings. The number of aliphatic hydroxyl groups is 1. The Kier molecular flexibility index (Phi) is 13.2. The van der Waals surface area contributed by atoms with Crippen molar-refractivity contribution >= 4 is 35.6 Å². The third-order valence-corrected chi connectivity index (χ3v) is 4.66. The molecule has 0 aliphatic carbocycles. The van der Waals surface area contributed by atoms with E-state index in [0.717, 1.165) is 0 Å². The lowest BCUT2D eigenvalue weighted by atomic mass is 10.0. The smallest absolute Gasteiger partial charge is 0.326 e. The second-order valence-electron chi connectivity index (χ2n) is 8.00. The standard InChI is InChI=1S/C19H35N7O8/c1-8(2)13(20)16(31)26-14(9(3)27)17(32)25-11(7-12(28)29)15(30)24-10(18(33)34)5-4-6-23-19(21)22/h8-11,13-14,27H,4-7,20H2,1-3H3,(H,24,30)(H,25,32)(H,26,31)(H,28,29)(H,33,34)(H4,21,22,23). The minimum Gasteiger partial charge on any atom is -0.481 e. The molecule has 15 nitrogen and oxygen atoms in total.